The molecule has 2 aliphatic heterocycles. The monoisotopic (exact) mass is 184 g/mol. The molecule has 0 amide bonds. The maximum Gasteiger partial charge on any atom is 0.320 e. The predicted molar refractivity (Wildman–Crippen MR) is 48.6 cm³/mol. The van der Waals surface area contributed by atoms with Gasteiger partial charge in [0.15, 0.2) is 0 Å². The minimum Gasteiger partial charge on any atom is -0.480 e. The zero-order chi connectivity index (χ0) is 9.26. The van der Waals surface area contributed by atoms with Gasteiger partial charge in [0.1, 0.15) is 6.04 Å². The van der Waals surface area contributed by atoms with Crippen molar-refractivity contribution >= 4 is 5.97 Å². The van der Waals surface area contributed by atoms with Crippen LogP contribution in [0.25, 0.3) is 0 Å². The molecule has 0 bridgehead atoms. The van der Waals surface area contributed by atoms with Crippen LogP contribution in [-0.4, -0.2) is 47.7 Å². The Bertz CT molecular complexity index is 202. The number of rotatable bonds is 2. The minimum atomic E-state index is -0.649. The normalized spacial score (nSPS) is 35.4. The molecule has 0 saturated carbocycles. The summed E-state index contributed by atoms with van der Waals surface area (Å²) in [6.07, 6.45) is 2.96. The highest BCUT2D eigenvalue weighted by molar-refractivity contribution is 5.73. The number of nitrogens with one attached hydrogen (secondary N) is 1. The molecule has 2 atom stereocenters. The number of carboxylic acids is 1. The zero-order valence-corrected chi connectivity index (χ0v) is 7.70. The second-order valence-corrected chi connectivity index (χ2v) is 3.88. The first-order chi connectivity index (χ1) is 6.29. The lowest BCUT2D eigenvalue weighted by Crippen LogP contribution is -2.44. The van der Waals surface area contributed by atoms with Crippen LogP contribution in [-0.2, 0) is 4.79 Å². The van der Waals surface area contributed by atoms with Crippen molar-refractivity contribution in [3.05, 3.63) is 0 Å². The van der Waals surface area contributed by atoms with Crippen molar-refractivity contribution in [2.75, 3.05) is 19.6 Å². The molecule has 13 heavy (non-hydrogen) atoms. The number of hydrogen-bond donors (Lipinski definition) is 2. The Labute approximate surface area is 77.9 Å². The topological polar surface area (TPSA) is 52.6 Å². The fourth-order valence-electron chi connectivity index (χ4n) is 2.41. The number of aliphatic carboxylic acids is 1. The van der Waals surface area contributed by atoms with Crippen molar-refractivity contribution in [2.24, 2.45) is 0 Å². The van der Waals surface area contributed by atoms with Gasteiger partial charge in [-0.2, -0.15) is 0 Å². The number of likely N-dealkylation sites (tertiary alicyclic amines) is 1. The summed E-state index contributed by atoms with van der Waals surface area (Å²) in [4.78, 5) is 13.1. The van der Waals surface area contributed by atoms with Crippen LogP contribution in [0.4, 0.5) is 0 Å². The summed E-state index contributed by atoms with van der Waals surface area (Å²) >= 11 is 0. The van der Waals surface area contributed by atoms with Crippen LogP contribution in [0.1, 0.15) is 19.3 Å². The van der Waals surface area contributed by atoms with Crippen LogP contribution in [0.5, 0.6) is 0 Å². The largest absolute Gasteiger partial charge is 0.480 e. The van der Waals surface area contributed by atoms with Crippen molar-refractivity contribution in [2.45, 2.75) is 31.3 Å². The molecule has 0 aromatic rings. The van der Waals surface area contributed by atoms with Crippen molar-refractivity contribution in [1.82, 2.24) is 10.2 Å². The fraction of sp³-hybridized carbons (Fsp3) is 0.889. The van der Waals surface area contributed by atoms with Crippen LogP contribution in [0, 0.1) is 0 Å². The first-order valence-electron chi connectivity index (χ1n) is 4.98. The van der Waals surface area contributed by atoms with Gasteiger partial charge in [-0.05, 0) is 32.4 Å². The van der Waals surface area contributed by atoms with E-state index in [9.17, 15) is 4.79 Å². The summed E-state index contributed by atoms with van der Waals surface area (Å²) in [5.74, 6) is -0.649. The maximum absolute atomic E-state index is 10.9. The molecule has 0 unspecified atom stereocenters. The minimum absolute atomic E-state index is 0.218. The van der Waals surface area contributed by atoms with Gasteiger partial charge in [-0.3, -0.25) is 9.69 Å². The van der Waals surface area contributed by atoms with E-state index in [2.05, 4.69) is 10.2 Å². The van der Waals surface area contributed by atoms with Crippen LogP contribution in [0.3, 0.4) is 0 Å². The Balaban J connectivity index is 2.00. The van der Waals surface area contributed by atoms with Crippen molar-refractivity contribution in [3.63, 3.8) is 0 Å². The van der Waals surface area contributed by atoms with Gasteiger partial charge in [-0.1, -0.05) is 0 Å². The van der Waals surface area contributed by atoms with Gasteiger partial charge in [-0.25, -0.2) is 0 Å². The van der Waals surface area contributed by atoms with Crippen LogP contribution in [0.15, 0.2) is 0 Å². The van der Waals surface area contributed by atoms with Gasteiger partial charge in [0.05, 0.1) is 0 Å². The Morgan fingerprint density at radius 3 is 2.92 bits per heavy atom. The zero-order valence-electron chi connectivity index (χ0n) is 7.70. The summed E-state index contributed by atoms with van der Waals surface area (Å²) in [6.45, 7) is 2.96. The first kappa shape index (κ1) is 8.97. The smallest absolute Gasteiger partial charge is 0.320 e. The van der Waals surface area contributed by atoms with E-state index >= 15 is 0 Å². The SMILES string of the molecule is O=C(O)[C@@H]1CCCN1[C@H]1CCNC1. The van der Waals surface area contributed by atoms with Gasteiger partial charge < -0.3 is 10.4 Å². The average molecular weight is 184 g/mol. The molecule has 2 rings (SSSR count). The molecule has 4 heteroatoms. The van der Waals surface area contributed by atoms with Crippen molar-refractivity contribution in [3.8, 4) is 0 Å². The summed E-state index contributed by atoms with van der Waals surface area (Å²) < 4.78 is 0. The van der Waals surface area contributed by atoms with Gasteiger partial charge >= 0.3 is 5.97 Å². The van der Waals surface area contributed by atoms with E-state index < -0.39 is 5.97 Å². The highest BCUT2D eigenvalue weighted by atomic mass is 16.4. The third-order valence-electron chi connectivity index (χ3n) is 3.08. The average Bonchev–Trinajstić information content (AvgIpc) is 2.74. The van der Waals surface area contributed by atoms with Gasteiger partial charge in [0, 0.05) is 12.6 Å². The van der Waals surface area contributed by atoms with Crippen LogP contribution < -0.4 is 5.32 Å². The Morgan fingerprint density at radius 1 is 1.46 bits per heavy atom. The maximum atomic E-state index is 10.9. The summed E-state index contributed by atoms with van der Waals surface area (Å²) in [5.41, 5.74) is 0. The second-order valence-electron chi connectivity index (χ2n) is 3.88. The van der Waals surface area contributed by atoms with Gasteiger partial charge in [-0.15, -0.1) is 0 Å². The van der Waals surface area contributed by atoms with Crippen LogP contribution >= 0.6 is 0 Å². The molecule has 2 aliphatic rings. The molecule has 0 radical (unpaired) electrons. The quantitative estimate of drug-likeness (QED) is 0.629. The molecule has 0 aromatic carbocycles. The van der Waals surface area contributed by atoms with E-state index in [1.807, 2.05) is 0 Å². The lowest BCUT2D eigenvalue weighted by atomic mass is 10.1. The molecule has 74 valence electrons. The van der Waals surface area contributed by atoms with E-state index in [1.54, 1.807) is 0 Å². The molecular weight excluding hydrogens is 168 g/mol. The Hall–Kier alpha value is -0.610. The third-order valence-corrected chi connectivity index (χ3v) is 3.08. The third kappa shape index (κ3) is 1.69. The first-order valence-corrected chi connectivity index (χ1v) is 4.98. The highest BCUT2D eigenvalue weighted by Gasteiger charge is 2.36. The number of hydrogen-bond acceptors (Lipinski definition) is 3. The molecule has 0 spiro atoms. The van der Waals surface area contributed by atoms with Gasteiger partial charge in [0.2, 0.25) is 0 Å². The van der Waals surface area contributed by atoms with E-state index in [0.717, 1.165) is 38.9 Å². The van der Waals surface area contributed by atoms with Gasteiger partial charge in [0.25, 0.3) is 0 Å². The lowest BCUT2D eigenvalue weighted by Gasteiger charge is -2.27. The fourth-order valence-corrected chi connectivity index (χ4v) is 2.41. The van der Waals surface area contributed by atoms with Crippen molar-refractivity contribution < 1.29 is 9.90 Å². The molecule has 0 aliphatic carbocycles. The molecular formula is C9H16N2O2. The molecule has 2 fully saturated rings. The van der Waals surface area contributed by atoms with Crippen LogP contribution in [0.2, 0.25) is 0 Å². The van der Waals surface area contributed by atoms with E-state index in [0.29, 0.717) is 6.04 Å². The molecule has 0 aromatic heterocycles. The second kappa shape index (κ2) is 3.64. The van der Waals surface area contributed by atoms with E-state index in [-0.39, 0.29) is 6.04 Å². The number of carboxylic acid groups (broad SMARTS) is 1. The van der Waals surface area contributed by atoms with E-state index in [1.165, 1.54) is 0 Å². The van der Waals surface area contributed by atoms with Crippen molar-refractivity contribution in [1.29, 1.82) is 0 Å². The number of nitrogens with zero attached hydrogens (tertiary/aromatic N) is 1. The standard InChI is InChI=1S/C9H16N2O2/c12-9(13)8-2-1-5-11(8)7-3-4-10-6-7/h7-8,10H,1-6H2,(H,12,13)/t7-,8-/m0/s1. The molecule has 2 N–H and O–H groups in total. The highest BCUT2D eigenvalue weighted by Crippen LogP contribution is 2.22. The molecule has 2 saturated heterocycles. The summed E-state index contributed by atoms with van der Waals surface area (Å²) in [5, 5.41) is 12.3. The predicted octanol–water partition coefficient (Wildman–Crippen LogP) is -0.103. The van der Waals surface area contributed by atoms with E-state index in [4.69, 9.17) is 5.11 Å². The Kier molecular flexibility index (Phi) is 2.51. The lowest BCUT2D eigenvalue weighted by molar-refractivity contribution is -0.142. The summed E-state index contributed by atoms with van der Waals surface area (Å²) in [7, 11) is 0. The molecule has 4 nitrogen and oxygen atoms in total. The Morgan fingerprint density at radius 2 is 2.31 bits per heavy atom. The number of carbonyl (C=O) groups is 1. The summed E-state index contributed by atoms with van der Waals surface area (Å²) in [6, 6.07) is 0.244. The molecule has 2 heterocycles.